The van der Waals surface area contributed by atoms with Crippen LogP contribution in [0.15, 0.2) is 20.9 Å². The maximum absolute atomic E-state index is 5.20. The summed E-state index contributed by atoms with van der Waals surface area (Å²) >= 11 is 3.45. The number of terminal acetylenes is 1. The third kappa shape index (κ3) is 6.52. The summed E-state index contributed by atoms with van der Waals surface area (Å²) in [6.07, 6.45) is 8.06. The SMILES string of the molecule is C#CCNC(=NCCCSc1nccs1)NCC. The number of guanidine groups is 1. The number of thiazole rings is 1. The lowest BCUT2D eigenvalue weighted by Crippen LogP contribution is -2.37. The summed E-state index contributed by atoms with van der Waals surface area (Å²) in [5.41, 5.74) is 0. The summed E-state index contributed by atoms with van der Waals surface area (Å²) in [5.74, 6) is 4.35. The number of thioether (sulfide) groups is 1. The van der Waals surface area contributed by atoms with Crippen LogP contribution in [0.2, 0.25) is 0 Å². The molecule has 0 aliphatic carbocycles. The van der Waals surface area contributed by atoms with Gasteiger partial charge in [0.1, 0.15) is 4.34 Å². The summed E-state index contributed by atoms with van der Waals surface area (Å²) in [4.78, 5) is 8.66. The van der Waals surface area contributed by atoms with Crippen molar-refractivity contribution in [2.24, 2.45) is 4.99 Å². The molecule has 0 spiro atoms. The van der Waals surface area contributed by atoms with Crippen molar-refractivity contribution in [3.8, 4) is 12.3 Å². The number of aliphatic imine (C=N–C) groups is 1. The summed E-state index contributed by atoms with van der Waals surface area (Å²) in [7, 11) is 0. The highest BCUT2D eigenvalue weighted by Crippen LogP contribution is 2.20. The molecule has 1 heterocycles. The Bertz CT molecular complexity index is 381. The van der Waals surface area contributed by atoms with Crippen molar-refractivity contribution < 1.29 is 0 Å². The number of aromatic nitrogens is 1. The van der Waals surface area contributed by atoms with E-state index in [4.69, 9.17) is 6.42 Å². The second kappa shape index (κ2) is 9.80. The molecule has 1 aromatic rings. The van der Waals surface area contributed by atoms with E-state index >= 15 is 0 Å². The summed E-state index contributed by atoms with van der Waals surface area (Å²) < 4.78 is 1.12. The lowest BCUT2D eigenvalue weighted by Gasteiger charge is -2.08. The van der Waals surface area contributed by atoms with Crippen molar-refractivity contribution in [2.45, 2.75) is 17.7 Å². The number of nitrogens with zero attached hydrogens (tertiary/aromatic N) is 2. The Morgan fingerprint density at radius 1 is 1.61 bits per heavy atom. The first-order valence-corrected chi connectivity index (χ1v) is 7.71. The second-order valence-electron chi connectivity index (χ2n) is 3.32. The van der Waals surface area contributed by atoms with Gasteiger partial charge >= 0.3 is 0 Å². The lowest BCUT2D eigenvalue weighted by molar-refractivity contribution is 0.849. The minimum absolute atomic E-state index is 0.500. The molecule has 2 N–H and O–H groups in total. The molecule has 0 saturated heterocycles. The van der Waals surface area contributed by atoms with Gasteiger partial charge in [0.15, 0.2) is 5.96 Å². The number of rotatable bonds is 7. The highest BCUT2D eigenvalue weighted by atomic mass is 32.2. The predicted molar refractivity (Wildman–Crippen MR) is 80.3 cm³/mol. The van der Waals surface area contributed by atoms with Crippen LogP contribution in [-0.4, -0.2) is 36.3 Å². The van der Waals surface area contributed by atoms with Crippen molar-refractivity contribution in [3.05, 3.63) is 11.6 Å². The van der Waals surface area contributed by atoms with Crippen LogP contribution in [0.3, 0.4) is 0 Å². The van der Waals surface area contributed by atoms with Crippen molar-refractivity contribution in [2.75, 3.05) is 25.4 Å². The average molecular weight is 282 g/mol. The molecule has 0 bridgehead atoms. The number of hydrogen-bond acceptors (Lipinski definition) is 4. The van der Waals surface area contributed by atoms with E-state index in [1.807, 2.05) is 18.5 Å². The minimum atomic E-state index is 0.500. The average Bonchev–Trinajstić information content (AvgIpc) is 2.88. The van der Waals surface area contributed by atoms with Crippen LogP contribution in [-0.2, 0) is 0 Å². The zero-order valence-electron chi connectivity index (χ0n) is 10.5. The van der Waals surface area contributed by atoms with Crippen LogP contribution in [0, 0.1) is 12.3 Å². The molecule has 1 aromatic heterocycles. The third-order valence-corrected chi connectivity index (χ3v) is 3.96. The van der Waals surface area contributed by atoms with E-state index in [9.17, 15) is 0 Å². The fourth-order valence-corrected chi connectivity index (χ4v) is 2.81. The van der Waals surface area contributed by atoms with Crippen molar-refractivity contribution >= 4 is 29.1 Å². The largest absolute Gasteiger partial charge is 0.357 e. The zero-order chi connectivity index (χ0) is 13.1. The fraction of sp³-hybridized carbons (Fsp3) is 0.500. The van der Waals surface area contributed by atoms with Gasteiger partial charge in [0.25, 0.3) is 0 Å². The van der Waals surface area contributed by atoms with E-state index in [0.717, 1.165) is 35.6 Å². The molecule has 6 heteroatoms. The Balaban J connectivity index is 2.17. The third-order valence-electron chi connectivity index (χ3n) is 1.91. The van der Waals surface area contributed by atoms with Crippen LogP contribution in [0.25, 0.3) is 0 Å². The van der Waals surface area contributed by atoms with Crippen LogP contribution in [0.4, 0.5) is 0 Å². The van der Waals surface area contributed by atoms with Gasteiger partial charge in [-0.05, 0) is 13.3 Å². The van der Waals surface area contributed by atoms with Crippen LogP contribution in [0.1, 0.15) is 13.3 Å². The smallest absolute Gasteiger partial charge is 0.192 e. The summed E-state index contributed by atoms with van der Waals surface area (Å²) in [6, 6.07) is 0. The van der Waals surface area contributed by atoms with E-state index in [0.29, 0.717) is 6.54 Å². The Hall–Kier alpha value is -1.19. The second-order valence-corrected chi connectivity index (χ2v) is 5.55. The topological polar surface area (TPSA) is 49.3 Å². The lowest BCUT2D eigenvalue weighted by atomic mass is 10.5. The summed E-state index contributed by atoms with van der Waals surface area (Å²) in [5, 5.41) is 8.20. The van der Waals surface area contributed by atoms with Crippen LogP contribution in [0.5, 0.6) is 0 Å². The molecular weight excluding hydrogens is 264 g/mol. The molecule has 0 aliphatic heterocycles. The molecule has 0 saturated carbocycles. The highest BCUT2D eigenvalue weighted by Gasteiger charge is 1.97. The first-order valence-electron chi connectivity index (χ1n) is 5.84. The molecule has 0 aromatic carbocycles. The van der Waals surface area contributed by atoms with Crippen LogP contribution < -0.4 is 10.6 Å². The van der Waals surface area contributed by atoms with Crippen molar-refractivity contribution in [1.82, 2.24) is 15.6 Å². The monoisotopic (exact) mass is 282 g/mol. The van der Waals surface area contributed by atoms with E-state index in [2.05, 4.69) is 26.5 Å². The minimum Gasteiger partial charge on any atom is -0.357 e. The van der Waals surface area contributed by atoms with Gasteiger partial charge in [-0.2, -0.15) is 0 Å². The molecule has 0 atom stereocenters. The molecule has 0 aliphatic rings. The molecule has 18 heavy (non-hydrogen) atoms. The number of nitrogens with one attached hydrogen (secondary N) is 2. The molecular formula is C12H18N4S2. The van der Waals surface area contributed by atoms with Gasteiger partial charge in [-0.25, -0.2) is 4.98 Å². The Labute approximate surface area is 117 Å². The molecule has 4 nitrogen and oxygen atoms in total. The van der Waals surface area contributed by atoms with Gasteiger partial charge in [0.2, 0.25) is 0 Å². The van der Waals surface area contributed by atoms with E-state index in [1.54, 1.807) is 23.1 Å². The zero-order valence-corrected chi connectivity index (χ0v) is 12.1. The molecule has 98 valence electrons. The maximum Gasteiger partial charge on any atom is 0.192 e. The van der Waals surface area contributed by atoms with Crippen LogP contribution >= 0.6 is 23.1 Å². The number of hydrogen-bond donors (Lipinski definition) is 2. The Morgan fingerprint density at radius 2 is 2.50 bits per heavy atom. The standard InChI is InChI=1S/C12H18N4S2/c1-3-6-14-11(13-4-2)15-7-5-9-17-12-16-8-10-18-12/h1,8,10H,4-7,9H2,2H3,(H2,13,14,15). The van der Waals surface area contributed by atoms with E-state index in [-0.39, 0.29) is 0 Å². The van der Waals surface area contributed by atoms with Crippen molar-refractivity contribution in [1.29, 1.82) is 0 Å². The van der Waals surface area contributed by atoms with Gasteiger partial charge in [-0.15, -0.1) is 17.8 Å². The Kier molecular flexibility index (Phi) is 8.10. The molecule has 0 radical (unpaired) electrons. The quantitative estimate of drug-likeness (QED) is 0.263. The normalized spacial score (nSPS) is 11.0. The molecule has 0 fully saturated rings. The van der Waals surface area contributed by atoms with Gasteiger partial charge < -0.3 is 10.6 Å². The molecule has 0 unspecified atom stereocenters. The molecule has 1 rings (SSSR count). The Morgan fingerprint density at radius 3 is 3.17 bits per heavy atom. The van der Waals surface area contributed by atoms with E-state index < -0.39 is 0 Å². The van der Waals surface area contributed by atoms with Gasteiger partial charge in [0.05, 0.1) is 6.54 Å². The van der Waals surface area contributed by atoms with Crippen molar-refractivity contribution in [3.63, 3.8) is 0 Å². The van der Waals surface area contributed by atoms with Gasteiger partial charge in [0, 0.05) is 30.4 Å². The predicted octanol–water partition coefficient (Wildman–Crippen LogP) is 1.81. The highest BCUT2D eigenvalue weighted by molar-refractivity contribution is 8.00. The molecule has 0 amide bonds. The summed E-state index contributed by atoms with van der Waals surface area (Å²) in [6.45, 7) is 4.16. The first kappa shape index (κ1) is 14.9. The van der Waals surface area contributed by atoms with Gasteiger partial charge in [-0.1, -0.05) is 17.7 Å². The fourth-order valence-electron chi connectivity index (χ4n) is 1.17. The maximum atomic E-state index is 5.20. The van der Waals surface area contributed by atoms with E-state index in [1.165, 1.54) is 0 Å². The van der Waals surface area contributed by atoms with Gasteiger partial charge in [-0.3, -0.25) is 4.99 Å². The first-order chi connectivity index (χ1) is 8.86.